The first-order valence-corrected chi connectivity index (χ1v) is 10.1. The molecule has 0 radical (unpaired) electrons. The number of carbonyl (C=O) groups excluding carboxylic acids is 1. The Hall–Kier alpha value is -2.99. The third-order valence-corrected chi connectivity index (χ3v) is 5.84. The number of amides is 1. The number of aryl methyl sites for hydroxylation is 1. The first kappa shape index (κ1) is 18.4. The smallest absolute Gasteiger partial charge is 0.270 e. The van der Waals surface area contributed by atoms with E-state index < -0.39 is 0 Å². The largest absolute Gasteiger partial charge is 0.303 e. The van der Waals surface area contributed by atoms with Gasteiger partial charge in [0.15, 0.2) is 0 Å². The summed E-state index contributed by atoms with van der Waals surface area (Å²) in [6.45, 7) is 6.65. The van der Waals surface area contributed by atoms with Crippen LogP contribution < -0.4 is 4.90 Å². The first-order valence-electron chi connectivity index (χ1n) is 9.31. The van der Waals surface area contributed by atoms with E-state index in [-0.39, 0.29) is 11.8 Å². The molecule has 5 nitrogen and oxygen atoms in total. The van der Waals surface area contributed by atoms with Gasteiger partial charge in [-0.2, -0.15) is 0 Å². The summed E-state index contributed by atoms with van der Waals surface area (Å²) in [6, 6.07) is 19.9. The Bertz CT molecular complexity index is 1100. The Labute approximate surface area is 168 Å². The quantitative estimate of drug-likeness (QED) is 0.478. The fourth-order valence-corrected chi connectivity index (χ4v) is 4.30. The molecule has 4 rings (SSSR count). The predicted octanol–water partition coefficient (Wildman–Crippen LogP) is 5.07. The normalized spacial score (nSPS) is 11.3. The van der Waals surface area contributed by atoms with E-state index in [1.807, 2.05) is 76.9 Å². The Morgan fingerprint density at radius 2 is 1.68 bits per heavy atom. The number of hydrogen-bond acceptors (Lipinski definition) is 4. The number of para-hydroxylation sites is 1. The second kappa shape index (κ2) is 7.56. The van der Waals surface area contributed by atoms with Crippen LogP contribution in [-0.2, 0) is 6.54 Å². The van der Waals surface area contributed by atoms with E-state index in [0.29, 0.717) is 11.4 Å². The number of rotatable bonds is 5. The maximum absolute atomic E-state index is 13.6. The summed E-state index contributed by atoms with van der Waals surface area (Å²) in [5, 5.41) is 8.57. The lowest BCUT2D eigenvalue weighted by Crippen LogP contribution is -2.30. The highest BCUT2D eigenvalue weighted by Gasteiger charge is 2.25. The molecule has 0 aliphatic carbocycles. The second-order valence-electron chi connectivity index (χ2n) is 7.06. The van der Waals surface area contributed by atoms with Crippen LogP contribution in [0.5, 0.6) is 0 Å². The molecule has 0 saturated carbocycles. The number of fused-ring (bicyclic) bond motifs is 1. The van der Waals surface area contributed by atoms with Gasteiger partial charge in [-0.05, 0) is 24.6 Å². The van der Waals surface area contributed by atoms with Crippen molar-refractivity contribution in [2.45, 2.75) is 33.2 Å². The molecule has 1 amide bonds. The van der Waals surface area contributed by atoms with Gasteiger partial charge in [0.2, 0.25) is 4.96 Å². The fraction of sp³-hybridized carbons (Fsp3) is 0.227. The highest BCUT2D eigenvalue weighted by molar-refractivity contribution is 7.19. The van der Waals surface area contributed by atoms with Crippen molar-refractivity contribution in [1.82, 2.24) is 14.6 Å². The topological polar surface area (TPSA) is 50.5 Å². The van der Waals surface area contributed by atoms with Gasteiger partial charge >= 0.3 is 0 Å². The van der Waals surface area contributed by atoms with Gasteiger partial charge in [-0.15, -0.1) is 10.2 Å². The predicted molar refractivity (Wildman–Crippen MR) is 113 cm³/mol. The molecule has 2 aromatic heterocycles. The van der Waals surface area contributed by atoms with Gasteiger partial charge in [0.05, 0.1) is 6.54 Å². The number of hydrogen-bond donors (Lipinski definition) is 0. The molecule has 0 fully saturated rings. The molecule has 0 N–H and O–H groups in total. The monoisotopic (exact) mass is 390 g/mol. The first-order chi connectivity index (χ1) is 13.6. The molecule has 142 valence electrons. The average Bonchev–Trinajstić information content (AvgIpc) is 3.27. The lowest BCUT2D eigenvalue weighted by Gasteiger charge is -2.23. The zero-order valence-corrected chi connectivity index (χ0v) is 17.0. The highest BCUT2D eigenvalue weighted by Crippen LogP contribution is 2.29. The van der Waals surface area contributed by atoms with E-state index in [0.717, 1.165) is 27.7 Å². The van der Waals surface area contributed by atoms with E-state index in [2.05, 4.69) is 24.0 Å². The molecular weight excluding hydrogens is 368 g/mol. The van der Waals surface area contributed by atoms with Crippen molar-refractivity contribution in [3.63, 3.8) is 0 Å². The van der Waals surface area contributed by atoms with Gasteiger partial charge in [0.25, 0.3) is 5.91 Å². The van der Waals surface area contributed by atoms with Crippen LogP contribution in [0.25, 0.3) is 4.96 Å². The summed E-state index contributed by atoms with van der Waals surface area (Å²) in [6.07, 6.45) is 0. The zero-order chi connectivity index (χ0) is 19.7. The summed E-state index contributed by atoms with van der Waals surface area (Å²) < 4.78 is 2.01. The molecule has 6 heteroatoms. The third kappa shape index (κ3) is 3.31. The van der Waals surface area contributed by atoms with E-state index in [9.17, 15) is 4.79 Å². The molecule has 0 unspecified atom stereocenters. The molecular formula is C22H22N4OS. The molecule has 0 bridgehead atoms. The minimum atomic E-state index is -0.0160. The van der Waals surface area contributed by atoms with Gasteiger partial charge in [-0.25, -0.2) is 0 Å². The van der Waals surface area contributed by atoms with Gasteiger partial charge in [-0.1, -0.05) is 73.7 Å². The number of anilines is 1. The number of thiazole rings is 1. The van der Waals surface area contributed by atoms with Crippen LogP contribution in [0, 0.1) is 6.92 Å². The van der Waals surface area contributed by atoms with Crippen LogP contribution in [0.15, 0.2) is 60.7 Å². The maximum atomic E-state index is 13.6. The van der Waals surface area contributed by atoms with Crippen molar-refractivity contribution in [1.29, 1.82) is 0 Å². The highest BCUT2D eigenvalue weighted by atomic mass is 32.1. The van der Waals surface area contributed by atoms with Crippen LogP contribution in [-0.4, -0.2) is 20.5 Å². The number of nitrogens with zero attached hydrogens (tertiary/aromatic N) is 4. The van der Waals surface area contributed by atoms with Crippen LogP contribution in [0.4, 0.5) is 5.69 Å². The van der Waals surface area contributed by atoms with Gasteiger partial charge < -0.3 is 4.90 Å². The Morgan fingerprint density at radius 1 is 1.04 bits per heavy atom. The summed E-state index contributed by atoms with van der Waals surface area (Å²) in [5.41, 5.74) is 2.86. The molecule has 4 aromatic rings. The zero-order valence-electron chi connectivity index (χ0n) is 16.2. The number of aromatic nitrogens is 3. The third-order valence-electron chi connectivity index (χ3n) is 4.72. The van der Waals surface area contributed by atoms with Crippen LogP contribution in [0.3, 0.4) is 0 Å². The average molecular weight is 391 g/mol. The minimum Gasteiger partial charge on any atom is -0.303 e. The fourth-order valence-electron chi connectivity index (χ4n) is 3.28. The molecule has 0 aliphatic heterocycles. The molecule has 2 heterocycles. The van der Waals surface area contributed by atoms with Crippen molar-refractivity contribution in [3.05, 3.63) is 82.6 Å². The SMILES string of the molecule is Cc1c(C(=O)N(Cc2ccccc2)c2ccccc2)sc2nnc(C(C)C)n12. The maximum Gasteiger partial charge on any atom is 0.270 e. The van der Waals surface area contributed by atoms with Crippen molar-refractivity contribution >= 4 is 27.9 Å². The summed E-state index contributed by atoms with van der Waals surface area (Å²) in [5.74, 6) is 1.11. The van der Waals surface area contributed by atoms with Crippen molar-refractivity contribution in [2.24, 2.45) is 0 Å². The van der Waals surface area contributed by atoms with Gasteiger partial charge in [0, 0.05) is 17.3 Å². The molecule has 0 atom stereocenters. The van der Waals surface area contributed by atoms with Crippen molar-refractivity contribution in [3.8, 4) is 0 Å². The number of benzene rings is 2. The Balaban J connectivity index is 1.77. The van der Waals surface area contributed by atoms with E-state index in [1.54, 1.807) is 0 Å². The lowest BCUT2D eigenvalue weighted by atomic mass is 10.1. The molecule has 0 saturated heterocycles. The Morgan fingerprint density at radius 3 is 2.32 bits per heavy atom. The summed E-state index contributed by atoms with van der Waals surface area (Å²) in [4.78, 5) is 16.9. The number of carbonyl (C=O) groups is 1. The van der Waals surface area contributed by atoms with Crippen LogP contribution in [0.2, 0.25) is 0 Å². The van der Waals surface area contributed by atoms with Crippen LogP contribution in [0.1, 0.15) is 46.5 Å². The van der Waals surface area contributed by atoms with Gasteiger partial charge in [-0.3, -0.25) is 9.20 Å². The molecule has 28 heavy (non-hydrogen) atoms. The summed E-state index contributed by atoms with van der Waals surface area (Å²) in [7, 11) is 0. The van der Waals surface area contributed by atoms with Gasteiger partial charge in [0.1, 0.15) is 10.7 Å². The molecule has 0 spiro atoms. The Kier molecular flexibility index (Phi) is 4.96. The second-order valence-corrected chi connectivity index (χ2v) is 8.04. The molecule has 2 aromatic carbocycles. The standard InChI is InChI=1S/C22H22N4OS/c1-15(2)20-23-24-22-26(20)16(3)19(28-22)21(27)25(18-12-8-5-9-13-18)14-17-10-6-4-7-11-17/h4-13,15H,14H2,1-3H3. The lowest BCUT2D eigenvalue weighted by molar-refractivity contribution is 0.0988. The van der Waals surface area contributed by atoms with Crippen LogP contribution >= 0.6 is 11.3 Å². The van der Waals surface area contributed by atoms with E-state index in [4.69, 9.17) is 0 Å². The summed E-state index contributed by atoms with van der Waals surface area (Å²) >= 11 is 1.40. The van der Waals surface area contributed by atoms with Crippen molar-refractivity contribution < 1.29 is 4.79 Å². The van der Waals surface area contributed by atoms with E-state index in [1.165, 1.54) is 11.3 Å². The minimum absolute atomic E-state index is 0.0160. The van der Waals surface area contributed by atoms with Crippen molar-refractivity contribution in [2.75, 3.05) is 4.90 Å². The van der Waals surface area contributed by atoms with E-state index >= 15 is 0 Å². The molecule has 0 aliphatic rings.